The first kappa shape index (κ1) is 18.1. The average molecular weight is 378 g/mol. The van der Waals surface area contributed by atoms with E-state index in [0.717, 1.165) is 42.0 Å². The van der Waals surface area contributed by atoms with Crippen LogP contribution >= 0.6 is 0 Å². The van der Waals surface area contributed by atoms with E-state index in [0.29, 0.717) is 11.4 Å². The molecule has 0 spiro atoms. The maximum absolute atomic E-state index is 12.6. The van der Waals surface area contributed by atoms with Crippen LogP contribution in [-0.2, 0) is 17.6 Å². The second kappa shape index (κ2) is 8.17. The van der Waals surface area contributed by atoms with E-state index in [-0.39, 0.29) is 13.2 Å². The van der Waals surface area contributed by atoms with Crippen LogP contribution in [0.2, 0.25) is 0 Å². The first-order chi connectivity index (χ1) is 13.8. The molecule has 0 bridgehead atoms. The summed E-state index contributed by atoms with van der Waals surface area (Å²) in [6.45, 7) is 0.442. The van der Waals surface area contributed by atoms with Crippen molar-refractivity contribution >= 4 is 5.97 Å². The van der Waals surface area contributed by atoms with Gasteiger partial charge in [-0.2, -0.15) is 5.10 Å². The normalized spacial score (nSPS) is 12.5. The second-order valence-electron chi connectivity index (χ2n) is 6.53. The maximum atomic E-state index is 12.6. The van der Waals surface area contributed by atoms with E-state index in [9.17, 15) is 4.79 Å². The van der Waals surface area contributed by atoms with Crippen molar-refractivity contribution in [2.24, 2.45) is 0 Å². The van der Waals surface area contributed by atoms with E-state index >= 15 is 0 Å². The number of nitrogens with zero attached hydrogens (tertiary/aromatic N) is 2. The molecule has 4 rings (SSSR count). The van der Waals surface area contributed by atoms with Gasteiger partial charge in [-0.3, -0.25) is 0 Å². The zero-order chi connectivity index (χ0) is 19.3. The Morgan fingerprint density at radius 1 is 1.00 bits per heavy atom. The SMILES string of the molecule is COc1ccc(OCCOC(=O)c2nn(-c3ccccc3)c3c2CCC3)cc1. The fourth-order valence-electron chi connectivity index (χ4n) is 3.42. The van der Waals surface area contributed by atoms with Gasteiger partial charge in [0.05, 0.1) is 12.8 Å². The lowest BCUT2D eigenvalue weighted by Gasteiger charge is -2.08. The molecule has 3 aromatic rings. The number of rotatable bonds is 7. The van der Waals surface area contributed by atoms with Crippen LogP contribution in [0, 0.1) is 0 Å². The molecular formula is C22H22N2O4. The summed E-state index contributed by atoms with van der Waals surface area (Å²) >= 11 is 0. The van der Waals surface area contributed by atoms with Crippen LogP contribution in [-0.4, -0.2) is 36.1 Å². The van der Waals surface area contributed by atoms with E-state index in [2.05, 4.69) is 5.10 Å². The number of esters is 1. The van der Waals surface area contributed by atoms with Crippen molar-refractivity contribution in [1.82, 2.24) is 9.78 Å². The molecule has 0 atom stereocenters. The Kier molecular flexibility index (Phi) is 5.28. The lowest BCUT2D eigenvalue weighted by atomic mass is 10.2. The van der Waals surface area contributed by atoms with Gasteiger partial charge in [-0.15, -0.1) is 0 Å². The number of para-hydroxylation sites is 1. The molecule has 1 aromatic heterocycles. The number of methoxy groups -OCH3 is 1. The van der Waals surface area contributed by atoms with Gasteiger partial charge in [0.25, 0.3) is 0 Å². The van der Waals surface area contributed by atoms with Gasteiger partial charge in [0, 0.05) is 11.3 Å². The van der Waals surface area contributed by atoms with Crippen LogP contribution in [0.3, 0.4) is 0 Å². The predicted octanol–water partition coefficient (Wildman–Crippen LogP) is 3.61. The largest absolute Gasteiger partial charge is 0.497 e. The Balaban J connectivity index is 1.38. The van der Waals surface area contributed by atoms with Gasteiger partial charge < -0.3 is 14.2 Å². The molecule has 0 saturated heterocycles. The summed E-state index contributed by atoms with van der Waals surface area (Å²) in [5, 5.41) is 4.55. The predicted molar refractivity (Wildman–Crippen MR) is 104 cm³/mol. The summed E-state index contributed by atoms with van der Waals surface area (Å²) in [7, 11) is 1.62. The van der Waals surface area contributed by atoms with Gasteiger partial charge in [-0.05, 0) is 55.7 Å². The number of fused-ring (bicyclic) bond motifs is 1. The van der Waals surface area contributed by atoms with Gasteiger partial charge in [-0.1, -0.05) is 18.2 Å². The van der Waals surface area contributed by atoms with Crippen LogP contribution < -0.4 is 9.47 Å². The van der Waals surface area contributed by atoms with E-state index in [1.807, 2.05) is 59.3 Å². The minimum atomic E-state index is -0.397. The molecule has 0 amide bonds. The molecule has 1 aliphatic rings. The number of benzene rings is 2. The molecule has 6 heteroatoms. The van der Waals surface area contributed by atoms with Crippen molar-refractivity contribution < 1.29 is 19.0 Å². The van der Waals surface area contributed by atoms with E-state index < -0.39 is 5.97 Å². The van der Waals surface area contributed by atoms with E-state index in [4.69, 9.17) is 14.2 Å². The highest BCUT2D eigenvalue weighted by Gasteiger charge is 2.27. The molecule has 0 aliphatic heterocycles. The zero-order valence-corrected chi connectivity index (χ0v) is 15.8. The van der Waals surface area contributed by atoms with Crippen molar-refractivity contribution in [1.29, 1.82) is 0 Å². The molecular weight excluding hydrogens is 356 g/mol. The number of carbonyl (C=O) groups is 1. The Labute approximate surface area is 163 Å². The van der Waals surface area contributed by atoms with Crippen molar-refractivity contribution in [3.8, 4) is 17.2 Å². The van der Waals surface area contributed by atoms with Crippen LogP contribution in [0.5, 0.6) is 11.5 Å². The highest BCUT2D eigenvalue weighted by Crippen LogP contribution is 2.28. The Morgan fingerprint density at radius 3 is 2.50 bits per heavy atom. The Hall–Kier alpha value is -3.28. The molecule has 1 aliphatic carbocycles. The van der Waals surface area contributed by atoms with Crippen molar-refractivity contribution in [2.45, 2.75) is 19.3 Å². The first-order valence-electron chi connectivity index (χ1n) is 9.36. The Morgan fingerprint density at radius 2 is 1.75 bits per heavy atom. The van der Waals surface area contributed by atoms with Gasteiger partial charge in [0.2, 0.25) is 0 Å². The van der Waals surface area contributed by atoms with Gasteiger partial charge >= 0.3 is 5.97 Å². The van der Waals surface area contributed by atoms with Gasteiger partial charge in [0.15, 0.2) is 5.69 Å². The summed E-state index contributed by atoms with van der Waals surface area (Å²) in [5.41, 5.74) is 3.49. The molecule has 0 radical (unpaired) electrons. The average Bonchev–Trinajstić information content (AvgIpc) is 3.35. The maximum Gasteiger partial charge on any atom is 0.359 e. The van der Waals surface area contributed by atoms with E-state index in [1.165, 1.54) is 0 Å². The molecule has 1 heterocycles. The highest BCUT2D eigenvalue weighted by atomic mass is 16.6. The zero-order valence-electron chi connectivity index (χ0n) is 15.8. The third-order valence-corrected chi connectivity index (χ3v) is 4.77. The summed E-state index contributed by atoms with van der Waals surface area (Å²) in [6, 6.07) is 17.1. The molecule has 144 valence electrons. The monoisotopic (exact) mass is 378 g/mol. The topological polar surface area (TPSA) is 62.6 Å². The molecule has 28 heavy (non-hydrogen) atoms. The number of carbonyl (C=O) groups excluding carboxylic acids is 1. The Bertz CT molecular complexity index is 949. The summed E-state index contributed by atoms with van der Waals surface area (Å²) < 4.78 is 18.0. The lowest BCUT2D eigenvalue weighted by Crippen LogP contribution is -2.14. The molecule has 6 nitrogen and oxygen atoms in total. The van der Waals surface area contributed by atoms with E-state index in [1.54, 1.807) is 7.11 Å². The third-order valence-electron chi connectivity index (χ3n) is 4.77. The smallest absolute Gasteiger partial charge is 0.359 e. The second-order valence-corrected chi connectivity index (χ2v) is 6.53. The summed E-state index contributed by atoms with van der Waals surface area (Å²) in [4.78, 5) is 12.6. The van der Waals surface area contributed by atoms with Gasteiger partial charge in [-0.25, -0.2) is 9.48 Å². The van der Waals surface area contributed by atoms with Crippen LogP contribution in [0.1, 0.15) is 28.2 Å². The first-order valence-corrected chi connectivity index (χ1v) is 9.36. The number of aromatic nitrogens is 2. The van der Waals surface area contributed by atoms with Crippen LogP contribution in [0.15, 0.2) is 54.6 Å². The standard InChI is InChI=1S/C22H22N2O4/c1-26-17-10-12-18(13-11-17)27-14-15-28-22(25)21-19-8-5-9-20(19)24(23-21)16-6-3-2-4-7-16/h2-4,6-7,10-13H,5,8-9,14-15H2,1H3. The van der Waals surface area contributed by atoms with Crippen molar-refractivity contribution in [3.63, 3.8) is 0 Å². The molecule has 0 N–H and O–H groups in total. The third kappa shape index (κ3) is 3.71. The highest BCUT2D eigenvalue weighted by molar-refractivity contribution is 5.89. The summed E-state index contributed by atoms with van der Waals surface area (Å²) in [6.07, 6.45) is 2.81. The molecule has 0 unspecified atom stereocenters. The fraction of sp³-hybridized carbons (Fsp3) is 0.273. The number of hydrogen-bond acceptors (Lipinski definition) is 5. The van der Waals surface area contributed by atoms with Crippen LogP contribution in [0.25, 0.3) is 5.69 Å². The molecule has 0 fully saturated rings. The lowest BCUT2D eigenvalue weighted by molar-refractivity contribution is 0.0442. The quantitative estimate of drug-likeness (QED) is 0.464. The van der Waals surface area contributed by atoms with Gasteiger partial charge in [0.1, 0.15) is 24.7 Å². The summed E-state index contributed by atoms with van der Waals surface area (Å²) in [5.74, 6) is 1.07. The molecule has 2 aromatic carbocycles. The number of ether oxygens (including phenoxy) is 3. The minimum absolute atomic E-state index is 0.165. The van der Waals surface area contributed by atoms with Crippen LogP contribution in [0.4, 0.5) is 0 Å². The minimum Gasteiger partial charge on any atom is -0.497 e. The van der Waals surface area contributed by atoms with Crippen molar-refractivity contribution in [2.75, 3.05) is 20.3 Å². The fourth-order valence-corrected chi connectivity index (χ4v) is 3.42. The molecule has 0 saturated carbocycles. The van der Waals surface area contributed by atoms with Crippen molar-refractivity contribution in [3.05, 3.63) is 71.5 Å². The number of hydrogen-bond donors (Lipinski definition) is 0.